The molecule has 1 aromatic heterocycles. The molecule has 0 aromatic carbocycles. The Morgan fingerprint density at radius 3 is 2.80 bits per heavy atom. The zero-order valence-electron chi connectivity index (χ0n) is 11.1. The van der Waals surface area contributed by atoms with Crippen molar-refractivity contribution in [1.82, 2.24) is 20.3 Å². The molecule has 0 bridgehead atoms. The van der Waals surface area contributed by atoms with Crippen molar-refractivity contribution in [2.24, 2.45) is 0 Å². The molecular weight excluding hydrogens is 280 g/mol. The highest BCUT2D eigenvalue weighted by Gasteiger charge is 2.21. The quantitative estimate of drug-likeness (QED) is 0.856. The summed E-state index contributed by atoms with van der Waals surface area (Å²) in [5.41, 5.74) is 0. The number of rotatable bonds is 4. The summed E-state index contributed by atoms with van der Waals surface area (Å²) in [7, 11) is 0. The van der Waals surface area contributed by atoms with E-state index in [0.29, 0.717) is 24.9 Å². The van der Waals surface area contributed by atoms with Crippen molar-refractivity contribution in [2.45, 2.75) is 31.7 Å². The van der Waals surface area contributed by atoms with Crippen molar-refractivity contribution < 1.29 is 4.79 Å². The number of amides is 1. The van der Waals surface area contributed by atoms with Crippen LogP contribution in [0.1, 0.15) is 25.7 Å². The fourth-order valence-electron chi connectivity index (χ4n) is 2.52. The van der Waals surface area contributed by atoms with Crippen molar-refractivity contribution in [1.29, 1.82) is 0 Å². The first-order chi connectivity index (χ1) is 9.70. The van der Waals surface area contributed by atoms with Gasteiger partial charge in [0.05, 0.1) is 0 Å². The van der Waals surface area contributed by atoms with Crippen LogP contribution in [0.3, 0.4) is 0 Å². The van der Waals surface area contributed by atoms with Crippen LogP contribution >= 0.6 is 11.6 Å². The van der Waals surface area contributed by atoms with Crippen molar-refractivity contribution >= 4 is 29.4 Å². The zero-order valence-corrected chi connectivity index (χ0v) is 11.9. The summed E-state index contributed by atoms with van der Waals surface area (Å²) in [5.74, 6) is 1.19. The lowest BCUT2D eigenvalue weighted by molar-refractivity contribution is -0.119. The smallest absolute Gasteiger partial charge is 0.231 e. The van der Waals surface area contributed by atoms with Crippen molar-refractivity contribution in [3.63, 3.8) is 0 Å². The maximum absolute atomic E-state index is 11.1. The number of anilines is 2. The standard InChI is InChI=1S/C12H17ClN6O/c13-10-16-11(14-7-8-3-4-9(20)15-8)18-12(17-10)19-5-1-2-6-19/h8H,1-7H2,(H,15,20)(H,14,16,17,18). The number of carbonyl (C=O) groups is 1. The molecule has 0 saturated carbocycles. The second-order valence-corrected chi connectivity index (χ2v) is 5.44. The molecule has 2 N–H and O–H groups in total. The van der Waals surface area contributed by atoms with Crippen LogP contribution in [0.2, 0.25) is 5.28 Å². The third kappa shape index (κ3) is 3.09. The second kappa shape index (κ2) is 5.78. The number of hydrogen-bond donors (Lipinski definition) is 2. The molecule has 8 heteroatoms. The van der Waals surface area contributed by atoms with Gasteiger partial charge in [0.15, 0.2) is 0 Å². The Hall–Kier alpha value is -1.63. The molecular formula is C12H17ClN6O. The van der Waals surface area contributed by atoms with Gasteiger partial charge in [0.25, 0.3) is 0 Å². The number of aromatic nitrogens is 3. The molecule has 108 valence electrons. The molecule has 1 aromatic rings. The number of nitrogens with one attached hydrogen (secondary N) is 2. The van der Waals surface area contributed by atoms with Gasteiger partial charge in [-0.3, -0.25) is 4.79 Å². The lowest BCUT2D eigenvalue weighted by Gasteiger charge is -2.16. The molecule has 3 heterocycles. The van der Waals surface area contributed by atoms with Crippen LogP contribution in [0.25, 0.3) is 0 Å². The Balaban J connectivity index is 1.64. The van der Waals surface area contributed by atoms with E-state index in [4.69, 9.17) is 11.6 Å². The number of halogens is 1. The van der Waals surface area contributed by atoms with E-state index in [-0.39, 0.29) is 17.2 Å². The van der Waals surface area contributed by atoms with E-state index >= 15 is 0 Å². The molecule has 1 amide bonds. The van der Waals surface area contributed by atoms with Crippen LogP contribution in [0.5, 0.6) is 0 Å². The Morgan fingerprint density at radius 1 is 1.30 bits per heavy atom. The van der Waals surface area contributed by atoms with Crippen LogP contribution in [-0.2, 0) is 4.79 Å². The lowest BCUT2D eigenvalue weighted by atomic mass is 10.2. The summed E-state index contributed by atoms with van der Waals surface area (Å²) in [5, 5.41) is 6.21. The zero-order chi connectivity index (χ0) is 13.9. The summed E-state index contributed by atoms with van der Waals surface area (Å²) in [6.45, 7) is 2.52. The lowest BCUT2D eigenvalue weighted by Crippen LogP contribution is -2.32. The molecule has 7 nitrogen and oxygen atoms in total. The summed E-state index contributed by atoms with van der Waals surface area (Å²) in [6, 6.07) is 0.133. The monoisotopic (exact) mass is 296 g/mol. The topological polar surface area (TPSA) is 83.0 Å². The van der Waals surface area contributed by atoms with Gasteiger partial charge in [-0.05, 0) is 30.9 Å². The number of hydrogen-bond acceptors (Lipinski definition) is 6. The molecule has 0 spiro atoms. The van der Waals surface area contributed by atoms with Gasteiger partial charge in [-0.2, -0.15) is 15.0 Å². The Labute approximate surface area is 122 Å². The average Bonchev–Trinajstić information content (AvgIpc) is 3.07. The van der Waals surface area contributed by atoms with Gasteiger partial charge in [-0.15, -0.1) is 0 Å². The Bertz CT molecular complexity index is 505. The maximum Gasteiger partial charge on any atom is 0.231 e. The largest absolute Gasteiger partial charge is 0.352 e. The Morgan fingerprint density at radius 2 is 2.10 bits per heavy atom. The van der Waals surface area contributed by atoms with Crippen molar-refractivity contribution in [3.05, 3.63) is 5.28 Å². The third-order valence-corrected chi connectivity index (χ3v) is 3.75. The van der Waals surface area contributed by atoms with Crippen molar-refractivity contribution in [3.8, 4) is 0 Å². The first-order valence-corrected chi connectivity index (χ1v) is 7.28. The second-order valence-electron chi connectivity index (χ2n) is 5.11. The van der Waals surface area contributed by atoms with E-state index in [1.807, 2.05) is 0 Å². The fraction of sp³-hybridized carbons (Fsp3) is 0.667. The minimum absolute atomic E-state index is 0.100. The highest BCUT2D eigenvalue weighted by Crippen LogP contribution is 2.18. The van der Waals surface area contributed by atoms with Gasteiger partial charge in [0.2, 0.25) is 23.1 Å². The van der Waals surface area contributed by atoms with Gasteiger partial charge in [0.1, 0.15) is 0 Å². The van der Waals surface area contributed by atoms with Crippen LogP contribution in [0.15, 0.2) is 0 Å². The molecule has 1 unspecified atom stereocenters. The van der Waals surface area contributed by atoms with Gasteiger partial charge < -0.3 is 15.5 Å². The van der Waals surface area contributed by atoms with Gasteiger partial charge in [-0.1, -0.05) is 0 Å². The van der Waals surface area contributed by atoms with Gasteiger partial charge >= 0.3 is 0 Å². The molecule has 3 rings (SSSR count). The first-order valence-electron chi connectivity index (χ1n) is 6.90. The summed E-state index contributed by atoms with van der Waals surface area (Å²) < 4.78 is 0. The minimum Gasteiger partial charge on any atom is -0.352 e. The SMILES string of the molecule is O=C1CCC(CNc2nc(Cl)nc(N3CCCC3)n2)N1. The van der Waals surface area contributed by atoms with E-state index in [0.717, 1.165) is 32.4 Å². The average molecular weight is 297 g/mol. The fourth-order valence-corrected chi connectivity index (χ4v) is 2.68. The van der Waals surface area contributed by atoms with Gasteiger partial charge in [0, 0.05) is 32.1 Å². The highest BCUT2D eigenvalue weighted by atomic mass is 35.5. The molecule has 1 atom stereocenters. The van der Waals surface area contributed by atoms with Gasteiger partial charge in [-0.25, -0.2) is 0 Å². The van der Waals surface area contributed by atoms with E-state index in [9.17, 15) is 4.79 Å². The highest BCUT2D eigenvalue weighted by molar-refractivity contribution is 6.28. The number of carbonyl (C=O) groups excluding carboxylic acids is 1. The van der Waals surface area contributed by atoms with Crippen molar-refractivity contribution in [2.75, 3.05) is 29.9 Å². The predicted molar refractivity (Wildman–Crippen MR) is 75.9 cm³/mol. The van der Waals surface area contributed by atoms with E-state index in [2.05, 4.69) is 30.5 Å². The summed E-state index contributed by atoms with van der Waals surface area (Å²) in [4.78, 5) is 25.9. The predicted octanol–water partition coefficient (Wildman–Crippen LogP) is 0.816. The molecule has 0 aliphatic carbocycles. The number of nitrogens with zero attached hydrogens (tertiary/aromatic N) is 4. The molecule has 2 aliphatic rings. The molecule has 0 radical (unpaired) electrons. The summed E-state index contributed by atoms with van der Waals surface area (Å²) in [6.07, 6.45) is 3.73. The van der Waals surface area contributed by atoms with Crippen LogP contribution in [0, 0.1) is 0 Å². The molecule has 2 saturated heterocycles. The Kier molecular flexibility index (Phi) is 3.86. The van der Waals surface area contributed by atoms with Crippen LogP contribution < -0.4 is 15.5 Å². The molecule has 2 aliphatic heterocycles. The first kappa shape index (κ1) is 13.4. The maximum atomic E-state index is 11.1. The summed E-state index contributed by atoms with van der Waals surface area (Å²) >= 11 is 5.95. The molecule has 20 heavy (non-hydrogen) atoms. The normalized spacial score (nSPS) is 22.1. The van der Waals surface area contributed by atoms with E-state index in [1.165, 1.54) is 0 Å². The van der Waals surface area contributed by atoms with Crippen LogP contribution in [-0.4, -0.2) is 46.5 Å². The molecule has 2 fully saturated rings. The van der Waals surface area contributed by atoms with E-state index < -0.39 is 0 Å². The van der Waals surface area contributed by atoms with Crippen LogP contribution in [0.4, 0.5) is 11.9 Å². The van der Waals surface area contributed by atoms with E-state index in [1.54, 1.807) is 0 Å². The minimum atomic E-state index is 0.100. The third-order valence-electron chi connectivity index (χ3n) is 3.58.